The summed E-state index contributed by atoms with van der Waals surface area (Å²) in [5, 5.41) is 0. The molecule has 1 saturated carbocycles. The van der Waals surface area contributed by atoms with E-state index in [1.807, 2.05) is 21.2 Å². The lowest BCUT2D eigenvalue weighted by Crippen LogP contribution is -2.52. The summed E-state index contributed by atoms with van der Waals surface area (Å²) in [7, 11) is 5.49. The molecule has 1 unspecified atom stereocenters. The van der Waals surface area contributed by atoms with Crippen LogP contribution in [0.25, 0.3) is 0 Å². The van der Waals surface area contributed by atoms with E-state index in [0.29, 0.717) is 30.3 Å². The average molecular weight is 382 g/mol. The van der Waals surface area contributed by atoms with Gasteiger partial charge >= 0.3 is 0 Å². The van der Waals surface area contributed by atoms with E-state index in [0.717, 1.165) is 38.7 Å². The largest absolute Gasteiger partial charge is 0.381 e. The minimum atomic E-state index is -0.121. The van der Waals surface area contributed by atoms with E-state index in [9.17, 15) is 4.79 Å². The summed E-state index contributed by atoms with van der Waals surface area (Å²) >= 11 is 0. The van der Waals surface area contributed by atoms with Gasteiger partial charge in [-0.2, -0.15) is 0 Å². The van der Waals surface area contributed by atoms with Crippen LogP contribution in [0.1, 0.15) is 65.7 Å². The fourth-order valence-electron chi connectivity index (χ4n) is 5.34. The van der Waals surface area contributed by atoms with Crippen molar-refractivity contribution in [2.75, 3.05) is 27.8 Å². The Balaban J connectivity index is 1.64. The number of nitrogens with zero attached hydrogens (tertiary/aromatic N) is 1. The first kappa shape index (κ1) is 21.1. The normalized spacial score (nSPS) is 40.4. The van der Waals surface area contributed by atoms with Crippen molar-refractivity contribution in [3.05, 3.63) is 0 Å². The topological polar surface area (TPSA) is 54.6 Å². The van der Waals surface area contributed by atoms with Crippen molar-refractivity contribution in [2.24, 2.45) is 17.8 Å². The van der Waals surface area contributed by atoms with Gasteiger partial charge in [0, 0.05) is 33.5 Å². The Hall–Kier alpha value is -0.650. The predicted octanol–water partition coefficient (Wildman–Crippen LogP) is 3.65. The number of hydrogen-bond donors (Lipinski definition) is 0. The molecule has 6 atom stereocenters. The minimum absolute atomic E-state index is 0.0298. The van der Waals surface area contributed by atoms with Crippen LogP contribution in [-0.4, -0.2) is 62.0 Å². The zero-order valence-electron chi connectivity index (χ0n) is 18.1. The molecule has 2 aliphatic heterocycles. The first-order chi connectivity index (χ1) is 12.7. The van der Waals surface area contributed by atoms with E-state index in [4.69, 9.17) is 14.2 Å². The molecule has 5 heteroatoms. The highest BCUT2D eigenvalue weighted by Gasteiger charge is 2.71. The second kappa shape index (κ2) is 8.00. The second-order valence-corrected chi connectivity index (χ2v) is 9.77. The molecule has 0 aromatic carbocycles. The predicted molar refractivity (Wildman–Crippen MR) is 106 cm³/mol. The molecule has 3 aliphatic rings. The zero-order valence-corrected chi connectivity index (χ0v) is 18.1. The van der Waals surface area contributed by atoms with Crippen LogP contribution in [0.2, 0.25) is 0 Å². The summed E-state index contributed by atoms with van der Waals surface area (Å²) in [6.45, 7) is 7.67. The lowest BCUT2D eigenvalue weighted by Gasteiger charge is -2.43. The van der Waals surface area contributed by atoms with Crippen molar-refractivity contribution in [1.29, 1.82) is 0 Å². The lowest BCUT2D eigenvalue weighted by molar-refractivity contribution is -0.129. The molecule has 156 valence electrons. The molecule has 1 spiro atoms. The molecule has 5 nitrogen and oxygen atoms in total. The van der Waals surface area contributed by atoms with Crippen LogP contribution in [0.4, 0.5) is 0 Å². The van der Waals surface area contributed by atoms with Gasteiger partial charge in [-0.15, -0.1) is 0 Å². The SMILES string of the molecule is CO[C@@H]1C(CCCC(=O)N(C)C)CC[C@]2(CO2)[C@H]1[C@]1(C)O[C@@H]1CCC(C)C. The molecule has 2 saturated heterocycles. The maximum absolute atomic E-state index is 11.9. The monoisotopic (exact) mass is 381 g/mol. The van der Waals surface area contributed by atoms with Crippen molar-refractivity contribution in [3.8, 4) is 0 Å². The van der Waals surface area contributed by atoms with E-state index in [1.54, 1.807) is 4.90 Å². The summed E-state index contributed by atoms with van der Waals surface area (Å²) in [5.41, 5.74) is -0.151. The number of epoxide rings is 2. The number of rotatable bonds is 9. The molecule has 0 bridgehead atoms. The van der Waals surface area contributed by atoms with E-state index in [2.05, 4.69) is 20.8 Å². The number of hydrogen-bond acceptors (Lipinski definition) is 4. The molecule has 1 aliphatic carbocycles. The fourth-order valence-corrected chi connectivity index (χ4v) is 5.34. The van der Waals surface area contributed by atoms with Crippen LogP contribution < -0.4 is 0 Å². The highest BCUT2D eigenvalue weighted by atomic mass is 16.6. The van der Waals surface area contributed by atoms with Crippen LogP contribution in [0, 0.1) is 17.8 Å². The zero-order chi connectivity index (χ0) is 19.8. The maximum atomic E-state index is 11.9. The Morgan fingerprint density at radius 3 is 2.56 bits per heavy atom. The quantitative estimate of drug-likeness (QED) is 0.572. The van der Waals surface area contributed by atoms with Gasteiger partial charge < -0.3 is 19.1 Å². The smallest absolute Gasteiger partial charge is 0.222 e. The van der Waals surface area contributed by atoms with Crippen LogP contribution in [0.15, 0.2) is 0 Å². The number of carbonyl (C=O) groups is 1. The summed E-state index contributed by atoms with van der Waals surface area (Å²) in [6.07, 6.45) is 7.62. The van der Waals surface area contributed by atoms with Crippen molar-refractivity contribution in [2.45, 2.75) is 89.1 Å². The molecule has 0 aromatic rings. The summed E-state index contributed by atoms with van der Waals surface area (Å²) in [5.74, 6) is 1.70. The van der Waals surface area contributed by atoms with Crippen molar-refractivity contribution >= 4 is 5.91 Å². The number of ether oxygens (including phenoxy) is 3. The first-order valence-electron chi connectivity index (χ1n) is 10.8. The lowest BCUT2D eigenvalue weighted by atomic mass is 9.64. The van der Waals surface area contributed by atoms with Gasteiger partial charge in [-0.3, -0.25) is 4.79 Å². The molecular formula is C22H39NO4. The highest BCUT2D eigenvalue weighted by Crippen LogP contribution is 2.60. The van der Waals surface area contributed by atoms with Crippen molar-refractivity contribution < 1.29 is 19.0 Å². The fraction of sp³-hybridized carbons (Fsp3) is 0.955. The molecular weight excluding hydrogens is 342 g/mol. The molecule has 2 heterocycles. The van der Waals surface area contributed by atoms with Gasteiger partial charge in [0.15, 0.2) is 0 Å². The standard InChI is InChI=1S/C22H39NO4/c1-15(2)10-11-17-21(3,27-17)20-19(25-6)16(12-13-22(20)14-26-22)8-7-9-18(24)23(4)5/h15-17,19-20H,7-14H2,1-6H3/t16?,17-,19-,20-,21-,22+/m1/s1. The number of amides is 1. The Labute approximate surface area is 165 Å². The Morgan fingerprint density at radius 2 is 2.00 bits per heavy atom. The van der Waals surface area contributed by atoms with Gasteiger partial charge in [0.25, 0.3) is 0 Å². The van der Waals surface area contributed by atoms with Gasteiger partial charge in [0.05, 0.1) is 24.4 Å². The third kappa shape index (κ3) is 4.35. The average Bonchev–Trinajstić information content (AvgIpc) is 3.52. The third-order valence-corrected chi connectivity index (χ3v) is 7.15. The highest BCUT2D eigenvalue weighted by molar-refractivity contribution is 5.75. The number of methoxy groups -OCH3 is 1. The van der Waals surface area contributed by atoms with E-state index in [-0.39, 0.29) is 23.2 Å². The van der Waals surface area contributed by atoms with Crippen LogP contribution in [0.3, 0.4) is 0 Å². The summed E-state index contributed by atoms with van der Waals surface area (Å²) < 4.78 is 18.4. The van der Waals surface area contributed by atoms with Gasteiger partial charge in [0.2, 0.25) is 5.91 Å². The molecule has 0 N–H and O–H groups in total. The molecule has 27 heavy (non-hydrogen) atoms. The maximum Gasteiger partial charge on any atom is 0.222 e. The second-order valence-electron chi connectivity index (χ2n) is 9.77. The Kier molecular flexibility index (Phi) is 6.24. The summed E-state index contributed by atoms with van der Waals surface area (Å²) in [4.78, 5) is 13.6. The van der Waals surface area contributed by atoms with E-state index >= 15 is 0 Å². The Bertz CT molecular complexity index is 530. The van der Waals surface area contributed by atoms with Crippen molar-refractivity contribution in [1.82, 2.24) is 4.90 Å². The molecule has 1 amide bonds. The van der Waals surface area contributed by atoms with Crippen LogP contribution >= 0.6 is 0 Å². The van der Waals surface area contributed by atoms with Gasteiger partial charge in [0.1, 0.15) is 5.60 Å². The van der Waals surface area contributed by atoms with Crippen molar-refractivity contribution in [3.63, 3.8) is 0 Å². The first-order valence-corrected chi connectivity index (χ1v) is 10.8. The minimum Gasteiger partial charge on any atom is -0.381 e. The van der Waals surface area contributed by atoms with E-state index < -0.39 is 0 Å². The molecule has 0 aromatic heterocycles. The molecule has 0 radical (unpaired) electrons. The third-order valence-electron chi connectivity index (χ3n) is 7.15. The van der Waals surface area contributed by atoms with Gasteiger partial charge in [-0.25, -0.2) is 0 Å². The molecule has 3 rings (SSSR count). The van der Waals surface area contributed by atoms with Crippen LogP contribution in [0.5, 0.6) is 0 Å². The van der Waals surface area contributed by atoms with E-state index in [1.165, 1.54) is 6.42 Å². The molecule has 3 fully saturated rings. The van der Waals surface area contributed by atoms with Gasteiger partial charge in [-0.1, -0.05) is 13.8 Å². The van der Waals surface area contributed by atoms with Crippen LogP contribution in [-0.2, 0) is 19.0 Å². The van der Waals surface area contributed by atoms with Gasteiger partial charge in [-0.05, 0) is 57.3 Å². The Morgan fingerprint density at radius 1 is 1.30 bits per heavy atom. The number of carbonyl (C=O) groups excluding carboxylic acids is 1. The summed E-state index contributed by atoms with van der Waals surface area (Å²) in [6, 6.07) is 0.